The Hall–Kier alpha value is -2.78. The van der Waals surface area contributed by atoms with Crippen molar-refractivity contribution in [3.05, 3.63) is 0 Å². The standard InChI is InChI=1S/C64H108N2O45/c1-13-29(75)38(84)53(110-63-51(36(82)27(73)15(3)96-63)108-56-25(65-19(7)71)35(81)31(77)21(9-67)99-56)61(94-13)107-50-34(80)24(12-70)102-60(45(50)91)104-47-18(6)98-58(43(89)41(47)87)105-48-26(66-20(8)72)57(100-22(10-68)32(48)78)109-52-37(83)28(74)16(4)97-64(52)111-54-39(85)30(76)14(2)95-62(54)106-49-33(79)23(11-69)101-59(44(49)90)103-46-17(5)93-55(92)42(88)40(46)86/h13-18,21-64,67-70,73-92H,9-12H2,1-8H3,(H,65,71)(H,66,72)/t13-,14-,15-,16-,17-,18-,21+,22+,23+,24+,25+,26+,27-,28-,29-,30-,31+,32+,33+,34+,35+,36+,37+,38+,39+,40-,41-,42+,43+,44+,45+,46-,47-,48+,49-,50-,51+,52+,53+,54+,55-,56-,57-,58-,59+,60+,61-,62-,63-,64-/m0/s1. The molecule has 50 atom stereocenters. The monoisotopic (exact) mass is 1620 g/mol. The van der Waals surface area contributed by atoms with Crippen molar-refractivity contribution in [1.29, 1.82) is 0 Å². The topological polar surface area (TPSA) is 719 Å². The molecule has 47 heteroatoms. The van der Waals surface area contributed by atoms with E-state index < -0.39 is 345 Å². The van der Waals surface area contributed by atoms with Crippen molar-refractivity contribution < 1.29 is 222 Å². The molecule has 26 N–H and O–H groups in total. The first-order valence-electron chi connectivity index (χ1n) is 36.3. The zero-order chi connectivity index (χ0) is 81.7. The maximum Gasteiger partial charge on any atom is 0.217 e. The van der Waals surface area contributed by atoms with Crippen LogP contribution in [0.25, 0.3) is 0 Å². The molecule has 10 heterocycles. The average Bonchev–Trinajstić information content (AvgIpc) is 0.772. The zero-order valence-electron chi connectivity index (χ0n) is 61.0. The van der Waals surface area contributed by atoms with E-state index in [0.29, 0.717) is 0 Å². The predicted octanol–water partition coefficient (Wildman–Crippen LogP) is -16.4. The quantitative estimate of drug-likeness (QED) is 0.0427. The van der Waals surface area contributed by atoms with E-state index in [9.17, 15) is 132 Å². The number of carbonyl (C=O) groups excluding carboxylic acids is 2. The second-order valence-corrected chi connectivity index (χ2v) is 29.4. The van der Waals surface area contributed by atoms with E-state index in [1.165, 1.54) is 41.5 Å². The van der Waals surface area contributed by atoms with Crippen molar-refractivity contribution in [2.24, 2.45) is 0 Å². The van der Waals surface area contributed by atoms with E-state index >= 15 is 0 Å². The number of aliphatic hydroxyl groups excluding tert-OH is 24. The molecule has 0 saturated carbocycles. The predicted molar refractivity (Wildman–Crippen MR) is 344 cm³/mol. The Kier molecular flexibility index (Phi) is 31.1. The zero-order valence-corrected chi connectivity index (χ0v) is 61.0. The molecule has 10 fully saturated rings. The smallest absolute Gasteiger partial charge is 0.217 e. The number of aliphatic hydroxyl groups is 24. The van der Waals surface area contributed by atoms with Crippen LogP contribution in [-0.4, -0.2) is 468 Å². The van der Waals surface area contributed by atoms with E-state index in [0.717, 1.165) is 13.8 Å². The van der Waals surface area contributed by atoms with E-state index in [4.69, 9.17) is 90.0 Å². The summed E-state index contributed by atoms with van der Waals surface area (Å²) in [6.07, 6.45) is -90.5. The lowest BCUT2D eigenvalue weighted by atomic mass is 9.94. The minimum absolute atomic E-state index is 0.769. The molecule has 0 spiro atoms. The van der Waals surface area contributed by atoms with Gasteiger partial charge in [0, 0.05) is 13.8 Å². The molecule has 10 aliphatic heterocycles. The summed E-state index contributed by atoms with van der Waals surface area (Å²) in [7, 11) is 0. The summed E-state index contributed by atoms with van der Waals surface area (Å²) < 4.78 is 113. The van der Waals surface area contributed by atoms with E-state index in [1.54, 1.807) is 0 Å². The van der Waals surface area contributed by atoms with Crippen LogP contribution in [0.15, 0.2) is 0 Å². The lowest BCUT2D eigenvalue weighted by molar-refractivity contribution is -0.405. The summed E-state index contributed by atoms with van der Waals surface area (Å²) in [5, 5.41) is 273. The van der Waals surface area contributed by atoms with Gasteiger partial charge in [-0.3, -0.25) is 9.59 Å². The Labute approximate surface area is 631 Å². The summed E-state index contributed by atoms with van der Waals surface area (Å²) in [6.45, 7) is 5.68. The maximum atomic E-state index is 13.2. The summed E-state index contributed by atoms with van der Waals surface area (Å²) in [6, 6.07) is -3.49. The summed E-state index contributed by atoms with van der Waals surface area (Å²) in [5.41, 5.74) is 0. The molecule has 0 aromatic carbocycles. The number of hydrogen-bond donors (Lipinski definition) is 26. The van der Waals surface area contributed by atoms with Crippen LogP contribution in [0.1, 0.15) is 55.4 Å². The number of hydrogen-bond acceptors (Lipinski definition) is 45. The van der Waals surface area contributed by atoms with Crippen LogP contribution in [0.4, 0.5) is 0 Å². The van der Waals surface area contributed by atoms with Gasteiger partial charge in [0.05, 0.1) is 63.1 Å². The molecule has 111 heavy (non-hydrogen) atoms. The van der Waals surface area contributed by atoms with Gasteiger partial charge in [0.25, 0.3) is 0 Å². The molecule has 0 aromatic heterocycles. The van der Waals surface area contributed by atoms with Crippen molar-refractivity contribution in [3.63, 3.8) is 0 Å². The third kappa shape index (κ3) is 19.1. The van der Waals surface area contributed by atoms with Crippen LogP contribution in [-0.2, 0) is 99.6 Å². The fourth-order valence-corrected chi connectivity index (χ4v) is 14.9. The molecule has 10 aliphatic rings. The molecule has 0 unspecified atom stereocenters. The molecule has 644 valence electrons. The van der Waals surface area contributed by atoms with E-state index in [1.807, 2.05) is 0 Å². The SMILES string of the molecule is CC(=O)N[C@H]1[C@H](O[C@H]2[C@H](O[C@H]3[C@H](O[C@@H]4[C@@H](O)[C@@H](O[C@@H]5[C@@H](O)[C@@H](O)[C@H](O[C@H]6[C@H](O)[C@@H](CO)O[C@@H](O[C@H]7[C@H](O[C@H]8[C@H](O[C@@H]9[C@@H](O)[C@@H](O[C@@H]%10[C@@H](O)[C@@H](O)[C@@H](O)O[C@H]%10C)O[C@H](CO)[C@H]9O)O[C@@H](C)[C@H](O)[C@H]8O)O[C@@H](C)[C@H](O)[C@H]7O)[C@@H]6NC(C)=O)O[C@H]5C)O[C@H](CO)[C@H]4O)O[C@@H](C)[C@H](O)[C@H]3O)O[C@@H](C)[C@H](O)[C@H]2O)O[C@H](CO)[C@@H](O)[C@@H]1O. The number of rotatable bonds is 24. The average molecular weight is 1630 g/mol. The largest absolute Gasteiger partial charge is 0.394 e. The van der Waals surface area contributed by atoms with Crippen molar-refractivity contribution in [1.82, 2.24) is 10.6 Å². The Morgan fingerprint density at radius 3 is 0.847 bits per heavy atom. The van der Waals surface area contributed by atoms with Gasteiger partial charge in [-0.25, -0.2) is 0 Å². The number of ether oxygens (including phenoxy) is 19. The maximum absolute atomic E-state index is 13.2. The van der Waals surface area contributed by atoms with E-state index in [2.05, 4.69) is 10.6 Å². The van der Waals surface area contributed by atoms with Crippen LogP contribution >= 0.6 is 0 Å². The van der Waals surface area contributed by atoms with Gasteiger partial charge < -0.3 is 223 Å². The lowest BCUT2D eigenvalue weighted by Crippen LogP contribution is -2.70. The van der Waals surface area contributed by atoms with Gasteiger partial charge in [-0.1, -0.05) is 0 Å². The van der Waals surface area contributed by atoms with Crippen LogP contribution in [0, 0.1) is 0 Å². The van der Waals surface area contributed by atoms with Gasteiger partial charge in [-0.15, -0.1) is 0 Å². The molecular formula is C64H108N2O45. The Morgan fingerprint density at radius 1 is 0.234 bits per heavy atom. The first-order valence-corrected chi connectivity index (χ1v) is 36.3. The first kappa shape index (κ1) is 90.5. The van der Waals surface area contributed by atoms with Crippen LogP contribution < -0.4 is 10.6 Å². The molecule has 0 aliphatic carbocycles. The minimum atomic E-state index is -2.30. The highest BCUT2D eigenvalue weighted by Crippen LogP contribution is 2.41. The third-order valence-electron chi connectivity index (χ3n) is 21.4. The highest BCUT2D eigenvalue weighted by molar-refractivity contribution is 5.73. The van der Waals surface area contributed by atoms with Crippen LogP contribution in [0.3, 0.4) is 0 Å². The highest BCUT2D eigenvalue weighted by atomic mass is 16.8. The Bertz CT molecular complexity index is 2940. The van der Waals surface area contributed by atoms with Gasteiger partial charge in [0.15, 0.2) is 62.9 Å². The summed E-state index contributed by atoms with van der Waals surface area (Å²) in [4.78, 5) is 25.5. The lowest BCUT2D eigenvalue weighted by Gasteiger charge is -2.51. The molecular weight excluding hydrogens is 1520 g/mol. The minimum Gasteiger partial charge on any atom is -0.394 e. The van der Waals surface area contributed by atoms with Crippen molar-refractivity contribution in [2.75, 3.05) is 26.4 Å². The fourth-order valence-electron chi connectivity index (χ4n) is 14.9. The number of amides is 2. The van der Waals surface area contributed by atoms with Gasteiger partial charge in [-0.05, 0) is 41.5 Å². The van der Waals surface area contributed by atoms with Crippen molar-refractivity contribution in [3.8, 4) is 0 Å². The molecule has 10 saturated heterocycles. The van der Waals surface area contributed by atoms with Gasteiger partial charge in [0.2, 0.25) is 11.8 Å². The Balaban J connectivity index is 0.846. The highest BCUT2D eigenvalue weighted by Gasteiger charge is 2.61. The molecule has 0 radical (unpaired) electrons. The number of carbonyl (C=O) groups is 2. The van der Waals surface area contributed by atoms with Gasteiger partial charge in [0.1, 0.15) is 207 Å². The van der Waals surface area contributed by atoms with Crippen LogP contribution in [0.5, 0.6) is 0 Å². The summed E-state index contributed by atoms with van der Waals surface area (Å²) in [5.74, 6) is -1.68. The summed E-state index contributed by atoms with van der Waals surface area (Å²) >= 11 is 0. The Morgan fingerprint density at radius 2 is 0.486 bits per heavy atom. The fraction of sp³-hybridized carbons (Fsp3) is 0.969. The second-order valence-electron chi connectivity index (χ2n) is 29.4. The first-order chi connectivity index (χ1) is 52.3. The van der Waals surface area contributed by atoms with Gasteiger partial charge in [-0.2, -0.15) is 0 Å². The normalized spacial score (nSPS) is 53.6. The van der Waals surface area contributed by atoms with Crippen LogP contribution in [0.2, 0.25) is 0 Å². The molecule has 10 rings (SSSR count). The van der Waals surface area contributed by atoms with Gasteiger partial charge >= 0.3 is 0 Å². The van der Waals surface area contributed by atoms with Crippen molar-refractivity contribution >= 4 is 11.8 Å². The molecule has 2 amide bonds. The molecule has 47 nitrogen and oxygen atoms in total. The second kappa shape index (κ2) is 38.1. The number of nitrogens with one attached hydrogen (secondary N) is 2. The van der Waals surface area contributed by atoms with Crippen molar-refractivity contribution in [2.45, 2.75) is 362 Å². The molecule has 0 bridgehead atoms. The van der Waals surface area contributed by atoms with E-state index in [-0.39, 0.29) is 0 Å². The molecule has 0 aromatic rings. The third-order valence-corrected chi connectivity index (χ3v) is 21.4.